The molecule has 5 heteroatoms. The van der Waals surface area contributed by atoms with Crippen LogP contribution < -0.4 is 10.6 Å². The highest BCUT2D eigenvalue weighted by Crippen LogP contribution is 2.22. The van der Waals surface area contributed by atoms with E-state index in [0.29, 0.717) is 10.7 Å². The fraction of sp³-hybridized carbons (Fsp3) is 0.462. The molecule has 18 heavy (non-hydrogen) atoms. The molecule has 4 nitrogen and oxygen atoms in total. The molecule has 1 aromatic carbocycles. The van der Waals surface area contributed by atoms with Crippen molar-refractivity contribution in [2.45, 2.75) is 19.4 Å². The summed E-state index contributed by atoms with van der Waals surface area (Å²) in [7, 11) is 0. The van der Waals surface area contributed by atoms with Gasteiger partial charge in [-0.15, -0.1) is 0 Å². The smallest absolute Gasteiger partial charge is 0.250 e. The fourth-order valence-corrected chi connectivity index (χ4v) is 2.01. The SMILES string of the molecule is Cc1ccc(NC(=O)COC2(C)CNC2)c(Cl)c1. The predicted molar refractivity (Wildman–Crippen MR) is 72.0 cm³/mol. The zero-order valence-electron chi connectivity index (χ0n) is 10.5. The van der Waals surface area contributed by atoms with Crippen LogP contribution in [0.1, 0.15) is 12.5 Å². The third kappa shape index (κ3) is 3.22. The first-order valence-corrected chi connectivity index (χ1v) is 6.27. The summed E-state index contributed by atoms with van der Waals surface area (Å²) in [6, 6.07) is 5.51. The molecular weight excluding hydrogens is 252 g/mol. The topological polar surface area (TPSA) is 50.4 Å². The molecule has 98 valence electrons. The van der Waals surface area contributed by atoms with Gasteiger partial charge in [-0.25, -0.2) is 0 Å². The summed E-state index contributed by atoms with van der Waals surface area (Å²) in [5.41, 5.74) is 1.46. The van der Waals surface area contributed by atoms with E-state index in [2.05, 4.69) is 10.6 Å². The van der Waals surface area contributed by atoms with Crippen LogP contribution in [0.4, 0.5) is 5.69 Å². The van der Waals surface area contributed by atoms with Gasteiger partial charge in [0.2, 0.25) is 5.91 Å². The van der Waals surface area contributed by atoms with Crippen LogP contribution in [0.2, 0.25) is 5.02 Å². The predicted octanol–water partition coefficient (Wildman–Crippen LogP) is 1.97. The van der Waals surface area contributed by atoms with E-state index in [1.165, 1.54) is 0 Å². The van der Waals surface area contributed by atoms with Crippen molar-refractivity contribution in [2.24, 2.45) is 0 Å². The molecule has 0 aliphatic carbocycles. The van der Waals surface area contributed by atoms with Gasteiger partial charge in [-0.05, 0) is 31.5 Å². The Morgan fingerprint density at radius 3 is 2.83 bits per heavy atom. The van der Waals surface area contributed by atoms with Gasteiger partial charge >= 0.3 is 0 Å². The van der Waals surface area contributed by atoms with Gasteiger partial charge in [-0.1, -0.05) is 17.7 Å². The highest BCUT2D eigenvalue weighted by atomic mass is 35.5. The Labute approximate surface area is 112 Å². The van der Waals surface area contributed by atoms with Gasteiger partial charge in [0, 0.05) is 13.1 Å². The van der Waals surface area contributed by atoms with Gasteiger partial charge in [-0.3, -0.25) is 4.79 Å². The minimum Gasteiger partial charge on any atom is -0.363 e. The molecule has 1 amide bonds. The van der Waals surface area contributed by atoms with Crippen LogP contribution in [0, 0.1) is 6.92 Å². The lowest BCUT2D eigenvalue weighted by molar-refractivity contribution is -0.130. The van der Waals surface area contributed by atoms with Gasteiger partial charge in [0.05, 0.1) is 16.3 Å². The van der Waals surface area contributed by atoms with Crippen molar-refractivity contribution in [1.82, 2.24) is 5.32 Å². The number of carbonyl (C=O) groups is 1. The van der Waals surface area contributed by atoms with E-state index in [-0.39, 0.29) is 18.1 Å². The molecule has 0 unspecified atom stereocenters. The molecule has 1 aliphatic heterocycles. The average molecular weight is 269 g/mol. The van der Waals surface area contributed by atoms with Crippen LogP contribution >= 0.6 is 11.6 Å². The van der Waals surface area contributed by atoms with Crippen LogP contribution in [-0.4, -0.2) is 31.2 Å². The van der Waals surface area contributed by atoms with E-state index in [4.69, 9.17) is 16.3 Å². The molecule has 0 radical (unpaired) electrons. The average Bonchev–Trinajstić information content (AvgIpc) is 2.28. The number of ether oxygens (including phenoxy) is 1. The molecule has 2 N–H and O–H groups in total. The lowest BCUT2D eigenvalue weighted by atomic mass is 10.0. The van der Waals surface area contributed by atoms with Gasteiger partial charge < -0.3 is 15.4 Å². The van der Waals surface area contributed by atoms with Crippen molar-refractivity contribution in [3.8, 4) is 0 Å². The van der Waals surface area contributed by atoms with Crippen molar-refractivity contribution in [2.75, 3.05) is 25.0 Å². The molecular formula is C13H17ClN2O2. The molecule has 0 bridgehead atoms. The first-order chi connectivity index (χ1) is 8.48. The Balaban J connectivity index is 1.87. The number of aryl methyl sites for hydroxylation is 1. The quantitative estimate of drug-likeness (QED) is 0.878. The highest BCUT2D eigenvalue weighted by molar-refractivity contribution is 6.33. The first-order valence-electron chi connectivity index (χ1n) is 5.89. The molecule has 1 aromatic rings. The van der Waals surface area contributed by atoms with Crippen LogP contribution in [0.3, 0.4) is 0 Å². The highest BCUT2D eigenvalue weighted by Gasteiger charge is 2.33. The van der Waals surface area contributed by atoms with Crippen LogP contribution in [0.15, 0.2) is 18.2 Å². The summed E-state index contributed by atoms with van der Waals surface area (Å²) in [6.45, 7) is 5.54. The maximum atomic E-state index is 11.7. The number of carbonyl (C=O) groups excluding carboxylic acids is 1. The molecule has 2 rings (SSSR count). The molecule has 1 fully saturated rings. The number of hydrogen-bond donors (Lipinski definition) is 2. The van der Waals surface area contributed by atoms with Crippen molar-refractivity contribution in [3.63, 3.8) is 0 Å². The summed E-state index contributed by atoms with van der Waals surface area (Å²) in [5, 5.41) is 6.40. The summed E-state index contributed by atoms with van der Waals surface area (Å²) in [4.78, 5) is 11.7. The third-order valence-corrected chi connectivity index (χ3v) is 3.26. The normalized spacial score (nSPS) is 17.1. The Morgan fingerprint density at radius 1 is 1.56 bits per heavy atom. The maximum Gasteiger partial charge on any atom is 0.250 e. The van der Waals surface area contributed by atoms with E-state index in [1.54, 1.807) is 6.07 Å². The van der Waals surface area contributed by atoms with E-state index in [1.807, 2.05) is 26.0 Å². The second-order valence-electron chi connectivity index (χ2n) is 4.87. The Bertz CT molecular complexity index is 458. The lowest BCUT2D eigenvalue weighted by Gasteiger charge is -2.38. The number of benzene rings is 1. The number of anilines is 1. The minimum atomic E-state index is -0.214. The summed E-state index contributed by atoms with van der Waals surface area (Å²) >= 11 is 6.04. The monoisotopic (exact) mass is 268 g/mol. The molecule has 1 aliphatic rings. The molecule has 0 spiro atoms. The summed E-state index contributed by atoms with van der Waals surface area (Å²) in [5.74, 6) is -0.186. The summed E-state index contributed by atoms with van der Waals surface area (Å²) < 4.78 is 5.55. The van der Waals surface area contributed by atoms with Crippen LogP contribution in [0.25, 0.3) is 0 Å². The lowest BCUT2D eigenvalue weighted by Crippen LogP contribution is -2.59. The molecule has 0 saturated carbocycles. The number of nitrogens with one attached hydrogen (secondary N) is 2. The zero-order valence-corrected chi connectivity index (χ0v) is 11.3. The largest absolute Gasteiger partial charge is 0.363 e. The van der Waals surface area contributed by atoms with Gasteiger partial charge in [-0.2, -0.15) is 0 Å². The Kier molecular flexibility index (Phi) is 3.90. The molecule has 1 heterocycles. The van der Waals surface area contributed by atoms with Crippen LogP contribution in [-0.2, 0) is 9.53 Å². The van der Waals surface area contributed by atoms with Gasteiger partial charge in [0.15, 0.2) is 0 Å². The molecule has 1 saturated heterocycles. The van der Waals surface area contributed by atoms with Crippen molar-refractivity contribution in [1.29, 1.82) is 0 Å². The molecule has 0 aromatic heterocycles. The zero-order chi connectivity index (χ0) is 13.2. The van der Waals surface area contributed by atoms with Crippen molar-refractivity contribution < 1.29 is 9.53 Å². The fourth-order valence-electron chi connectivity index (χ4n) is 1.73. The minimum absolute atomic E-state index is 0.0440. The van der Waals surface area contributed by atoms with E-state index in [9.17, 15) is 4.79 Å². The summed E-state index contributed by atoms with van der Waals surface area (Å²) in [6.07, 6.45) is 0. The second-order valence-corrected chi connectivity index (χ2v) is 5.28. The Hall–Kier alpha value is -1.10. The maximum absolute atomic E-state index is 11.7. The van der Waals surface area contributed by atoms with E-state index < -0.39 is 0 Å². The number of halogens is 1. The van der Waals surface area contributed by atoms with Gasteiger partial charge in [0.1, 0.15) is 6.61 Å². The van der Waals surface area contributed by atoms with Crippen LogP contribution in [0.5, 0.6) is 0 Å². The Morgan fingerprint density at radius 2 is 2.28 bits per heavy atom. The third-order valence-electron chi connectivity index (χ3n) is 2.95. The van der Waals surface area contributed by atoms with Crippen molar-refractivity contribution in [3.05, 3.63) is 28.8 Å². The second kappa shape index (κ2) is 5.26. The first kappa shape index (κ1) is 13.3. The van der Waals surface area contributed by atoms with Crippen molar-refractivity contribution >= 4 is 23.2 Å². The molecule has 0 atom stereocenters. The number of amides is 1. The standard InChI is InChI=1S/C13H17ClN2O2/c1-9-3-4-11(10(14)5-9)16-12(17)6-18-13(2)7-15-8-13/h3-5,15H,6-8H2,1-2H3,(H,16,17). The number of hydrogen-bond acceptors (Lipinski definition) is 3. The van der Waals surface area contributed by atoms with Gasteiger partial charge in [0.25, 0.3) is 0 Å². The van der Waals surface area contributed by atoms with E-state index >= 15 is 0 Å². The van der Waals surface area contributed by atoms with E-state index in [0.717, 1.165) is 18.7 Å². The number of rotatable bonds is 4.